The van der Waals surface area contributed by atoms with E-state index in [4.69, 9.17) is 35.3 Å². The number of rotatable bonds is 9. The summed E-state index contributed by atoms with van der Waals surface area (Å²) in [5.41, 5.74) is 0.761. The van der Waals surface area contributed by atoms with E-state index in [1.54, 1.807) is 36.4 Å². The lowest BCUT2D eigenvalue weighted by Gasteiger charge is -2.31. The van der Waals surface area contributed by atoms with Crippen molar-refractivity contribution in [2.75, 3.05) is 13.2 Å². The molecule has 0 aliphatic heterocycles. The summed E-state index contributed by atoms with van der Waals surface area (Å²) in [5.74, 6) is 0.427. The zero-order valence-corrected chi connectivity index (χ0v) is 19.1. The highest BCUT2D eigenvalue weighted by Gasteiger charge is 2.34. The zero-order chi connectivity index (χ0) is 23.5. The summed E-state index contributed by atoms with van der Waals surface area (Å²) in [4.78, 5) is 23.6. The smallest absolute Gasteiger partial charge is 0.306 e. The van der Waals surface area contributed by atoms with Crippen LogP contribution in [0.4, 0.5) is 0 Å². The van der Waals surface area contributed by atoms with Gasteiger partial charge in [0.1, 0.15) is 29.3 Å². The van der Waals surface area contributed by atoms with Crippen molar-refractivity contribution in [1.29, 1.82) is 0 Å². The minimum atomic E-state index is -0.764. The van der Waals surface area contributed by atoms with Crippen LogP contribution in [-0.4, -0.2) is 36.5 Å². The lowest BCUT2D eigenvalue weighted by Crippen LogP contribution is -2.36. The number of benzene rings is 2. The van der Waals surface area contributed by atoms with Crippen LogP contribution in [0.5, 0.6) is 11.5 Å². The maximum atomic E-state index is 12.8. The molecule has 1 aliphatic rings. The summed E-state index contributed by atoms with van der Waals surface area (Å²) in [7, 11) is 0. The van der Waals surface area contributed by atoms with Crippen molar-refractivity contribution >= 4 is 28.5 Å². The monoisotopic (exact) mass is 472 g/mol. The van der Waals surface area contributed by atoms with Gasteiger partial charge in [-0.05, 0) is 63.1 Å². The Balaban J connectivity index is 1.41. The van der Waals surface area contributed by atoms with Crippen molar-refractivity contribution in [3.8, 4) is 22.8 Å². The van der Waals surface area contributed by atoms with E-state index in [0.717, 1.165) is 0 Å². The molecule has 0 unspecified atom stereocenters. The molecule has 1 fully saturated rings. The Morgan fingerprint density at radius 3 is 2.55 bits per heavy atom. The van der Waals surface area contributed by atoms with E-state index in [-0.39, 0.29) is 29.1 Å². The van der Waals surface area contributed by atoms with Gasteiger partial charge in [0.25, 0.3) is 0 Å². The van der Waals surface area contributed by atoms with Crippen LogP contribution in [0, 0.1) is 5.92 Å². The predicted octanol–water partition coefficient (Wildman–Crippen LogP) is 5.16. The van der Waals surface area contributed by atoms with Crippen LogP contribution in [0.2, 0.25) is 5.02 Å². The summed E-state index contributed by atoms with van der Waals surface area (Å²) >= 11 is 6.30. The average molecular weight is 473 g/mol. The Hall–Kier alpha value is -3.03. The van der Waals surface area contributed by atoms with Crippen LogP contribution in [-0.2, 0) is 9.53 Å². The number of halogens is 1. The van der Waals surface area contributed by atoms with E-state index in [1.807, 2.05) is 13.8 Å². The van der Waals surface area contributed by atoms with Crippen molar-refractivity contribution in [3.05, 3.63) is 57.7 Å². The maximum absolute atomic E-state index is 12.8. The Morgan fingerprint density at radius 2 is 1.88 bits per heavy atom. The van der Waals surface area contributed by atoms with Crippen LogP contribution in [0.15, 0.2) is 51.7 Å². The van der Waals surface area contributed by atoms with Gasteiger partial charge in [-0.15, -0.1) is 0 Å². The lowest BCUT2D eigenvalue weighted by molar-refractivity contribution is -0.151. The van der Waals surface area contributed by atoms with Crippen LogP contribution < -0.4 is 14.9 Å². The molecule has 8 heteroatoms. The molecule has 1 aliphatic carbocycles. The maximum Gasteiger partial charge on any atom is 0.306 e. The number of aliphatic carboxylic acids is 1. The van der Waals surface area contributed by atoms with Gasteiger partial charge < -0.3 is 23.7 Å². The molecule has 33 heavy (non-hydrogen) atoms. The minimum Gasteiger partial charge on any atom is -0.491 e. The van der Waals surface area contributed by atoms with E-state index in [1.165, 1.54) is 6.07 Å². The topological polar surface area (TPSA) is 95.2 Å². The molecule has 174 valence electrons. The largest absolute Gasteiger partial charge is 0.491 e. The zero-order valence-electron chi connectivity index (χ0n) is 18.4. The van der Waals surface area contributed by atoms with Gasteiger partial charge >= 0.3 is 5.97 Å². The van der Waals surface area contributed by atoms with Crippen molar-refractivity contribution < 1.29 is 28.5 Å². The molecule has 0 radical (unpaired) electrons. The van der Waals surface area contributed by atoms with Gasteiger partial charge in [-0.1, -0.05) is 11.6 Å². The first-order valence-electron chi connectivity index (χ1n) is 10.8. The summed E-state index contributed by atoms with van der Waals surface area (Å²) < 4.78 is 23.0. The first kappa shape index (κ1) is 23.1. The van der Waals surface area contributed by atoms with Crippen LogP contribution in [0.25, 0.3) is 22.3 Å². The van der Waals surface area contributed by atoms with Gasteiger partial charge in [0, 0.05) is 11.6 Å². The van der Waals surface area contributed by atoms with E-state index in [0.29, 0.717) is 59.3 Å². The molecule has 4 rings (SSSR count). The predicted molar refractivity (Wildman–Crippen MR) is 124 cm³/mol. The number of hydrogen-bond acceptors (Lipinski definition) is 6. The normalized spacial score (nSPS) is 17.7. The molecular weight excluding hydrogens is 448 g/mol. The van der Waals surface area contributed by atoms with Crippen molar-refractivity contribution in [3.63, 3.8) is 0 Å². The van der Waals surface area contributed by atoms with E-state index < -0.39 is 5.97 Å². The summed E-state index contributed by atoms with van der Waals surface area (Å²) in [6.45, 7) is 4.51. The first-order valence-corrected chi connectivity index (χ1v) is 11.2. The van der Waals surface area contributed by atoms with E-state index in [2.05, 4.69) is 0 Å². The molecular formula is C25H25ClO7. The third-order valence-electron chi connectivity index (χ3n) is 5.44. The van der Waals surface area contributed by atoms with Crippen molar-refractivity contribution in [2.24, 2.45) is 5.92 Å². The van der Waals surface area contributed by atoms with Crippen LogP contribution >= 0.6 is 11.6 Å². The molecule has 0 amide bonds. The molecule has 1 N–H and O–H groups in total. The molecule has 0 bridgehead atoms. The highest BCUT2D eigenvalue weighted by molar-refractivity contribution is 6.35. The molecule has 0 saturated heterocycles. The number of carboxylic acids is 1. The molecule has 1 heterocycles. The second-order valence-corrected chi connectivity index (χ2v) is 8.67. The highest BCUT2D eigenvalue weighted by atomic mass is 35.5. The fourth-order valence-corrected chi connectivity index (χ4v) is 3.89. The Morgan fingerprint density at radius 1 is 1.15 bits per heavy atom. The van der Waals surface area contributed by atoms with E-state index >= 15 is 0 Å². The molecule has 1 aromatic heterocycles. The number of hydrogen-bond donors (Lipinski definition) is 1. The van der Waals surface area contributed by atoms with Gasteiger partial charge in [-0.25, -0.2) is 0 Å². The SMILES string of the molecule is CC(C)Oc1ccc(Cl)c2oc(-c3ccc(OCCO[C@H]4C[C@@H](C(=O)O)C4)cc3)cc(=O)c12. The third-order valence-corrected chi connectivity index (χ3v) is 5.74. The lowest BCUT2D eigenvalue weighted by atomic mass is 9.82. The average Bonchev–Trinajstić information content (AvgIpc) is 2.74. The minimum absolute atomic E-state index is 0.00819. The van der Waals surface area contributed by atoms with Gasteiger partial charge in [-0.2, -0.15) is 0 Å². The van der Waals surface area contributed by atoms with Gasteiger partial charge in [-0.3, -0.25) is 9.59 Å². The fourth-order valence-electron chi connectivity index (χ4n) is 3.69. The number of ether oxygens (including phenoxy) is 3. The highest BCUT2D eigenvalue weighted by Crippen LogP contribution is 2.33. The molecule has 0 spiro atoms. The summed E-state index contributed by atoms with van der Waals surface area (Å²) in [6.07, 6.45) is 1.000. The Labute approximate surface area is 195 Å². The molecule has 1 saturated carbocycles. The molecule has 3 aromatic rings. The number of fused-ring (bicyclic) bond motifs is 1. The molecule has 2 aromatic carbocycles. The fraction of sp³-hybridized carbons (Fsp3) is 0.360. The number of carbonyl (C=O) groups is 1. The van der Waals surface area contributed by atoms with Crippen LogP contribution in [0.1, 0.15) is 26.7 Å². The van der Waals surface area contributed by atoms with Crippen molar-refractivity contribution in [1.82, 2.24) is 0 Å². The Kier molecular flexibility index (Phi) is 6.91. The second kappa shape index (κ2) is 9.85. The van der Waals surface area contributed by atoms with Gasteiger partial charge in [0.2, 0.25) is 0 Å². The van der Waals surface area contributed by atoms with Gasteiger partial charge in [0.15, 0.2) is 11.0 Å². The number of carboxylic acid groups (broad SMARTS) is 1. The van der Waals surface area contributed by atoms with E-state index in [9.17, 15) is 9.59 Å². The van der Waals surface area contributed by atoms with Crippen molar-refractivity contribution in [2.45, 2.75) is 38.9 Å². The summed E-state index contributed by atoms with van der Waals surface area (Å²) in [5, 5.41) is 9.54. The standard InChI is InChI=1S/C25H25ClO7/c1-14(2)32-21-8-7-19(26)24-23(21)20(27)13-22(33-24)15-3-5-17(6-4-15)30-9-10-31-18-11-16(12-18)25(28)29/h3-8,13-14,16,18H,9-12H2,1-2H3,(H,28,29)/t16-,18+. The summed E-state index contributed by atoms with van der Waals surface area (Å²) in [6, 6.07) is 11.9. The Bertz CT molecular complexity index is 1190. The van der Waals surface area contributed by atoms with Crippen LogP contribution in [0.3, 0.4) is 0 Å². The van der Waals surface area contributed by atoms with Gasteiger partial charge in [0.05, 0.1) is 29.8 Å². The second-order valence-electron chi connectivity index (χ2n) is 8.26. The third kappa shape index (κ3) is 5.31. The first-order chi connectivity index (χ1) is 15.8. The quantitative estimate of drug-likeness (QED) is 0.430. The molecule has 7 nitrogen and oxygen atoms in total. The molecule has 0 atom stereocenters.